The predicted octanol–water partition coefficient (Wildman–Crippen LogP) is 2.60. The highest BCUT2D eigenvalue weighted by atomic mass is 32.2. The molecule has 2 aliphatic carbocycles. The van der Waals surface area contributed by atoms with Gasteiger partial charge in [-0.3, -0.25) is 4.79 Å². The van der Waals surface area contributed by atoms with Crippen molar-refractivity contribution in [2.24, 2.45) is 5.92 Å². The third kappa shape index (κ3) is 4.80. The number of hydrogen-bond donors (Lipinski definition) is 3. The van der Waals surface area contributed by atoms with Crippen LogP contribution in [-0.4, -0.2) is 40.7 Å². The predicted molar refractivity (Wildman–Crippen MR) is 84.6 cm³/mol. The summed E-state index contributed by atoms with van der Waals surface area (Å²) in [5.41, 5.74) is 0. The van der Waals surface area contributed by atoms with E-state index in [1.165, 1.54) is 0 Å². The summed E-state index contributed by atoms with van der Waals surface area (Å²) in [6.07, 6.45) is 9.84. The van der Waals surface area contributed by atoms with Crippen LogP contribution in [0.5, 0.6) is 0 Å². The van der Waals surface area contributed by atoms with Crippen LogP contribution in [0.3, 0.4) is 0 Å². The summed E-state index contributed by atoms with van der Waals surface area (Å²) in [6, 6.07) is -0.181. The number of thioether (sulfide) groups is 1. The molecule has 0 heterocycles. The van der Waals surface area contributed by atoms with E-state index in [4.69, 9.17) is 0 Å². The van der Waals surface area contributed by atoms with Crippen molar-refractivity contribution in [2.45, 2.75) is 68.7 Å². The summed E-state index contributed by atoms with van der Waals surface area (Å²) in [5.74, 6) is -1.22. The molecule has 0 aromatic heterocycles. The first-order valence-electron chi connectivity index (χ1n) is 7.92. The van der Waals surface area contributed by atoms with Crippen LogP contribution in [0.1, 0.15) is 51.4 Å². The molecule has 0 spiro atoms. The number of rotatable bonds is 4. The standard InChI is InChI=1S/C15H26N2O3S/c1-21-11-8-6-10(7-9-11)16-15(20)17-13-5-3-2-4-12(13)14(18)19/h10-13H,2-9H2,1H3,(H,18,19)(H2,16,17,20). The van der Waals surface area contributed by atoms with Gasteiger partial charge < -0.3 is 15.7 Å². The third-order valence-electron chi connectivity index (χ3n) is 4.74. The molecule has 2 rings (SSSR count). The van der Waals surface area contributed by atoms with Crippen LogP contribution in [-0.2, 0) is 4.79 Å². The lowest BCUT2D eigenvalue weighted by molar-refractivity contribution is -0.143. The average Bonchev–Trinajstić information content (AvgIpc) is 2.48. The monoisotopic (exact) mass is 314 g/mol. The number of carboxylic acids is 1. The molecule has 0 aliphatic heterocycles. The largest absolute Gasteiger partial charge is 0.481 e. The molecule has 2 unspecified atom stereocenters. The molecule has 0 aromatic carbocycles. The molecule has 2 fully saturated rings. The van der Waals surface area contributed by atoms with Gasteiger partial charge in [-0.15, -0.1) is 0 Å². The lowest BCUT2D eigenvalue weighted by Crippen LogP contribution is -2.51. The first-order valence-corrected chi connectivity index (χ1v) is 9.21. The Morgan fingerprint density at radius 1 is 1.00 bits per heavy atom. The molecule has 0 aromatic rings. The van der Waals surface area contributed by atoms with Gasteiger partial charge in [-0.25, -0.2) is 4.79 Å². The fourth-order valence-corrected chi connectivity index (χ4v) is 4.18. The van der Waals surface area contributed by atoms with Gasteiger partial charge in [0.2, 0.25) is 0 Å². The molecule has 0 saturated heterocycles. The van der Waals surface area contributed by atoms with Crippen LogP contribution < -0.4 is 10.6 Å². The van der Waals surface area contributed by atoms with Crippen LogP contribution >= 0.6 is 11.8 Å². The van der Waals surface area contributed by atoms with E-state index in [0.717, 1.165) is 50.2 Å². The SMILES string of the molecule is CSC1CCC(NC(=O)NC2CCCCC2C(=O)O)CC1. The smallest absolute Gasteiger partial charge is 0.315 e. The molecule has 21 heavy (non-hydrogen) atoms. The molecule has 2 atom stereocenters. The second-order valence-electron chi connectivity index (χ2n) is 6.16. The molecular weight excluding hydrogens is 288 g/mol. The number of carbonyl (C=O) groups excluding carboxylic acids is 1. The normalized spacial score (nSPS) is 33.2. The Kier molecular flexibility index (Phi) is 6.21. The molecule has 2 saturated carbocycles. The van der Waals surface area contributed by atoms with Gasteiger partial charge in [0, 0.05) is 17.3 Å². The van der Waals surface area contributed by atoms with Crippen LogP contribution in [0, 0.1) is 5.92 Å². The fraction of sp³-hybridized carbons (Fsp3) is 0.867. The Balaban J connectivity index is 1.77. The van der Waals surface area contributed by atoms with Gasteiger partial charge in [-0.2, -0.15) is 11.8 Å². The highest BCUT2D eigenvalue weighted by molar-refractivity contribution is 7.99. The maximum atomic E-state index is 12.1. The number of hydrogen-bond acceptors (Lipinski definition) is 3. The molecule has 5 nitrogen and oxygen atoms in total. The van der Waals surface area contributed by atoms with Crippen molar-refractivity contribution < 1.29 is 14.7 Å². The number of urea groups is 1. The third-order valence-corrected chi connectivity index (χ3v) is 5.88. The first-order chi connectivity index (χ1) is 10.1. The van der Waals surface area contributed by atoms with Gasteiger partial charge in [0.15, 0.2) is 0 Å². The van der Waals surface area contributed by atoms with Crippen molar-refractivity contribution in [1.82, 2.24) is 10.6 Å². The lowest BCUT2D eigenvalue weighted by Gasteiger charge is -2.31. The number of aliphatic carboxylic acids is 1. The highest BCUT2D eigenvalue weighted by Gasteiger charge is 2.32. The van der Waals surface area contributed by atoms with Crippen LogP contribution in [0.25, 0.3) is 0 Å². The van der Waals surface area contributed by atoms with E-state index in [2.05, 4.69) is 16.9 Å². The zero-order chi connectivity index (χ0) is 15.2. The Hall–Kier alpha value is -0.910. The minimum Gasteiger partial charge on any atom is -0.481 e. The molecule has 2 amide bonds. The van der Waals surface area contributed by atoms with Gasteiger partial charge in [-0.1, -0.05) is 12.8 Å². The van der Waals surface area contributed by atoms with Gasteiger partial charge in [0.05, 0.1) is 5.92 Å². The molecule has 0 radical (unpaired) electrons. The Morgan fingerprint density at radius 3 is 2.29 bits per heavy atom. The second kappa shape index (κ2) is 7.92. The maximum absolute atomic E-state index is 12.1. The second-order valence-corrected chi connectivity index (χ2v) is 7.30. The summed E-state index contributed by atoms with van der Waals surface area (Å²) in [7, 11) is 0. The highest BCUT2D eigenvalue weighted by Crippen LogP contribution is 2.27. The van der Waals surface area contributed by atoms with E-state index < -0.39 is 11.9 Å². The average molecular weight is 314 g/mol. The van der Waals surface area contributed by atoms with E-state index in [9.17, 15) is 14.7 Å². The molecule has 0 bridgehead atoms. The number of amides is 2. The summed E-state index contributed by atoms with van der Waals surface area (Å²) in [5, 5.41) is 15.9. The quantitative estimate of drug-likeness (QED) is 0.745. The van der Waals surface area contributed by atoms with E-state index in [1.807, 2.05) is 11.8 Å². The summed E-state index contributed by atoms with van der Waals surface area (Å²) >= 11 is 1.91. The van der Waals surface area contributed by atoms with Crippen molar-refractivity contribution in [3.63, 3.8) is 0 Å². The topological polar surface area (TPSA) is 78.4 Å². The van der Waals surface area contributed by atoms with Crippen molar-refractivity contribution in [3.05, 3.63) is 0 Å². The fourth-order valence-electron chi connectivity index (χ4n) is 3.44. The summed E-state index contributed by atoms with van der Waals surface area (Å²) in [4.78, 5) is 23.3. The van der Waals surface area contributed by atoms with Crippen molar-refractivity contribution >= 4 is 23.8 Å². The van der Waals surface area contributed by atoms with Gasteiger partial charge in [-0.05, 0) is 44.8 Å². The van der Waals surface area contributed by atoms with E-state index in [-0.39, 0.29) is 18.1 Å². The van der Waals surface area contributed by atoms with Crippen molar-refractivity contribution in [2.75, 3.05) is 6.26 Å². The van der Waals surface area contributed by atoms with E-state index >= 15 is 0 Å². The first kappa shape index (κ1) is 16.5. The van der Waals surface area contributed by atoms with Gasteiger partial charge in [0.1, 0.15) is 0 Å². The number of carboxylic acid groups (broad SMARTS) is 1. The van der Waals surface area contributed by atoms with Crippen molar-refractivity contribution in [3.8, 4) is 0 Å². The molecule has 6 heteroatoms. The van der Waals surface area contributed by atoms with Crippen LogP contribution in [0.15, 0.2) is 0 Å². The Morgan fingerprint density at radius 2 is 1.67 bits per heavy atom. The molecule has 3 N–H and O–H groups in total. The molecule has 2 aliphatic rings. The van der Waals surface area contributed by atoms with Crippen LogP contribution in [0.4, 0.5) is 4.79 Å². The van der Waals surface area contributed by atoms with E-state index in [1.54, 1.807) is 0 Å². The maximum Gasteiger partial charge on any atom is 0.315 e. The summed E-state index contributed by atoms with van der Waals surface area (Å²) < 4.78 is 0. The number of nitrogens with one attached hydrogen (secondary N) is 2. The molecular formula is C15H26N2O3S. The van der Waals surface area contributed by atoms with Crippen molar-refractivity contribution in [1.29, 1.82) is 0 Å². The molecule has 120 valence electrons. The summed E-state index contributed by atoms with van der Waals surface area (Å²) in [6.45, 7) is 0. The van der Waals surface area contributed by atoms with Gasteiger partial charge >= 0.3 is 12.0 Å². The Labute approximate surface area is 130 Å². The number of carbonyl (C=O) groups is 2. The lowest BCUT2D eigenvalue weighted by atomic mass is 9.84. The Bertz CT molecular complexity index is 370. The zero-order valence-corrected chi connectivity index (χ0v) is 13.5. The minimum absolute atomic E-state index is 0.194. The van der Waals surface area contributed by atoms with Crippen LogP contribution in [0.2, 0.25) is 0 Å². The zero-order valence-electron chi connectivity index (χ0n) is 12.6. The van der Waals surface area contributed by atoms with Gasteiger partial charge in [0.25, 0.3) is 0 Å². The minimum atomic E-state index is -0.791. The van der Waals surface area contributed by atoms with E-state index in [0.29, 0.717) is 6.42 Å².